The molecule has 2 aromatic rings. The van der Waals surface area contributed by atoms with Gasteiger partial charge in [0.25, 0.3) is 0 Å². The average molecular weight is 400 g/mol. The fourth-order valence-corrected chi connectivity index (χ4v) is 3.55. The van der Waals surface area contributed by atoms with Gasteiger partial charge in [0, 0.05) is 23.2 Å². The van der Waals surface area contributed by atoms with Gasteiger partial charge in [-0.15, -0.1) is 0 Å². The van der Waals surface area contributed by atoms with Crippen LogP contribution in [-0.2, 0) is 16.1 Å². The molecule has 2 aromatic carbocycles. The quantitative estimate of drug-likeness (QED) is 0.778. The summed E-state index contributed by atoms with van der Waals surface area (Å²) in [4.78, 5) is 27.1. The molecule has 0 unspecified atom stereocenters. The number of hydrogen-bond acceptors (Lipinski definition) is 3. The first kappa shape index (κ1) is 20.4. The molecule has 0 aromatic heterocycles. The maximum atomic E-state index is 12.5. The predicted octanol–water partition coefficient (Wildman–Crippen LogP) is 3.70. The Balaban J connectivity index is 1.44. The van der Waals surface area contributed by atoms with Gasteiger partial charge in [-0.25, -0.2) is 0 Å². The number of nitrogens with zero attached hydrogens (tertiary/aromatic N) is 1. The van der Waals surface area contributed by atoms with Crippen LogP contribution in [0, 0.1) is 5.92 Å². The van der Waals surface area contributed by atoms with Crippen LogP contribution in [0.3, 0.4) is 0 Å². The van der Waals surface area contributed by atoms with Crippen molar-refractivity contribution < 1.29 is 9.59 Å². The number of benzene rings is 2. The van der Waals surface area contributed by atoms with Crippen molar-refractivity contribution >= 4 is 29.1 Å². The Morgan fingerprint density at radius 3 is 2.36 bits per heavy atom. The molecule has 1 aliphatic heterocycles. The molecule has 0 radical (unpaired) electrons. The van der Waals surface area contributed by atoms with Crippen molar-refractivity contribution in [3.63, 3.8) is 0 Å². The topological polar surface area (TPSA) is 61.4 Å². The van der Waals surface area contributed by atoms with Gasteiger partial charge in [0.05, 0.1) is 6.04 Å². The van der Waals surface area contributed by atoms with Crippen molar-refractivity contribution in [3.05, 3.63) is 65.2 Å². The molecule has 148 valence electrons. The minimum Gasteiger partial charge on any atom is -0.352 e. The summed E-state index contributed by atoms with van der Waals surface area (Å²) in [6, 6.07) is 16.7. The maximum absolute atomic E-state index is 12.5. The first-order valence-electron chi connectivity index (χ1n) is 9.65. The zero-order valence-electron chi connectivity index (χ0n) is 16.0. The van der Waals surface area contributed by atoms with Crippen LogP contribution in [0.5, 0.6) is 0 Å². The van der Waals surface area contributed by atoms with Crippen molar-refractivity contribution in [3.8, 4) is 0 Å². The molecule has 2 N–H and O–H groups in total. The summed E-state index contributed by atoms with van der Waals surface area (Å²) < 4.78 is 0. The summed E-state index contributed by atoms with van der Waals surface area (Å²) in [6.07, 6.45) is 1.53. The summed E-state index contributed by atoms with van der Waals surface area (Å²) >= 11 is 5.88. The summed E-state index contributed by atoms with van der Waals surface area (Å²) in [6.45, 7) is 3.93. The third-order valence-electron chi connectivity index (χ3n) is 5.25. The third kappa shape index (κ3) is 5.57. The van der Waals surface area contributed by atoms with Crippen LogP contribution in [0.15, 0.2) is 54.6 Å². The number of rotatable bonds is 6. The zero-order valence-corrected chi connectivity index (χ0v) is 16.8. The lowest BCUT2D eigenvalue weighted by Crippen LogP contribution is -2.48. The van der Waals surface area contributed by atoms with E-state index < -0.39 is 0 Å². The highest BCUT2D eigenvalue weighted by atomic mass is 35.5. The summed E-state index contributed by atoms with van der Waals surface area (Å²) in [7, 11) is 0. The molecule has 3 rings (SSSR count). The Labute approximate surface area is 171 Å². The Bertz CT molecular complexity index is 787. The highest BCUT2D eigenvalue weighted by molar-refractivity contribution is 6.30. The summed E-state index contributed by atoms with van der Waals surface area (Å²) in [5.74, 6) is 0.0579. The van der Waals surface area contributed by atoms with Crippen molar-refractivity contribution in [2.75, 3.05) is 18.4 Å². The number of hydrogen-bond donors (Lipinski definition) is 2. The van der Waals surface area contributed by atoms with Crippen LogP contribution in [0.2, 0.25) is 5.02 Å². The van der Waals surface area contributed by atoms with Crippen molar-refractivity contribution in [2.45, 2.75) is 32.4 Å². The lowest BCUT2D eigenvalue weighted by atomic mass is 9.94. The fourth-order valence-electron chi connectivity index (χ4n) is 3.42. The number of halogens is 1. The first-order chi connectivity index (χ1) is 13.5. The maximum Gasteiger partial charge on any atom is 0.241 e. The summed E-state index contributed by atoms with van der Waals surface area (Å²) in [5, 5.41) is 6.58. The number of amides is 2. The van der Waals surface area contributed by atoms with Crippen LogP contribution >= 0.6 is 11.6 Å². The molecule has 0 bridgehead atoms. The van der Waals surface area contributed by atoms with E-state index in [9.17, 15) is 9.59 Å². The molecule has 1 heterocycles. The van der Waals surface area contributed by atoms with Gasteiger partial charge in [0.2, 0.25) is 11.8 Å². The standard InChI is InChI=1S/C22H26ClN3O2/c1-16(21(27)25-20-9-7-19(23)8-10-20)26-13-11-18(12-14-26)22(28)24-15-17-5-3-2-4-6-17/h2-10,16,18H,11-15H2,1H3,(H,24,28)(H,25,27)/t16-/m1/s1. The SMILES string of the molecule is C[C@H](C(=O)Nc1ccc(Cl)cc1)N1CCC(C(=O)NCc2ccccc2)CC1. The summed E-state index contributed by atoms with van der Waals surface area (Å²) in [5.41, 5.74) is 1.83. The van der Waals surface area contributed by atoms with Crippen LogP contribution < -0.4 is 10.6 Å². The second-order valence-corrected chi connectivity index (χ2v) is 7.62. The molecule has 28 heavy (non-hydrogen) atoms. The van der Waals surface area contributed by atoms with Crippen LogP contribution in [-0.4, -0.2) is 35.8 Å². The number of likely N-dealkylation sites (tertiary alicyclic amines) is 1. The molecule has 0 aliphatic carbocycles. The van der Waals surface area contributed by atoms with Gasteiger partial charge in [0.1, 0.15) is 0 Å². The Morgan fingerprint density at radius 1 is 1.07 bits per heavy atom. The predicted molar refractivity (Wildman–Crippen MR) is 112 cm³/mol. The fraction of sp³-hybridized carbons (Fsp3) is 0.364. The molecule has 1 saturated heterocycles. The van der Waals surface area contributed by atoms with E-state index >= 15 is 0 Å². The lowest BCUT2D eigenvalue weighted by Gasteiger charge is -2.34. The molecular weight excluding hydrogens is 374 g/mol. The van der Waals surface area contributed by atoms with Gasteiger partial charge < -0.3 is 10.6 Å². The van der Waals surface area contributed by atoms with Gasteiger partial charge in [-0.3, -0.25) is 14.5 Å². The number of piperidine rings is 1. The highest BCUT2D eigenvalue weighted by Gasteiger charge is 2.29. The van der Waals surface area contributed by atoms with E-state index in [1.165, 1.54) is 0 Å². The molecule has 5 nitrogen and oxygen atoms in total. The second-order valence-electron chi connectivity index (χ2n) is 7.19. The zero-order chi connectivity index (χ0) is 19.9. The number of carbonyl (C=O) groups is 2. The Morgan fingerprint density at radius 2 is 1.71 bits per heavy atom. The number of nitrogens with one attached hydrogen (secondary N) is 2. The molecular formula is C22H26ClN3O2. The second kappa shape index (κ2) is 9.71. The van der Waals surface area contributed by atoms with Gasteiger partial charge in [-0.05, 0) is 62.7 Å². The first-order valence-corrected chi connectivity index (χ1v) is 10.0. The van der Waals surface area contributed by atoms with Crippen LogP contribution in [0.1, 0.15) is 25.3 Å². The molecule has 0 spiro atoms. The van der Waals surface area contributed by atoms with Gasteiger partial charge in [0.15, 0.2) is 0 Å². The minimum absolute atomic E-state index is 0.00601. The van der Waals surface area contributed by atoms with Crippen LogP contribution in [0.25, 0.3) is 0 Å². The van der Waals surface area contributed by atoms with Crippen LogP contribution in [0.4, 0.5) is 5.69 Å². The number of anilines is 1. The van der Waals surface area contributed by atoms with Crippen molar-refractivity contribution in [1.82, 2.24) is 10.2 Å². The van der Waals surface area contributed by atoms with Gasteiger partial charge in [-0.1, -0.05) is 41.9 Å². The molecule has 1 atom stereocenters. The Hall–Kier alpha value is -2.37. The normalized spacial score (nSPS) is 16.4. The molecule has 6 heteroatoms. The monoisotopic (exact) mass is 399 g/mol. The van der Waals surface area contributed by atoms with E-state index in [0.717, 1.165) is 37.2 Å². The average Bonchev–Trinajstić information content (AvgIpc) is 2.74. The minimum atomic E-state index is -0.246. The molecule has 0 saturated carbocycles. The third-order valence-corrected chi connectivity index (χ3v) is 5.50. The van der Waals surface area contributed by atoms with E-state index in [1.54, 1.807) is 24.3 Å². The molecule has 1 aliphatic rings. The van der Waals surface area contributed by atoms with E-state index in [0.29, 0.717) is 11.6 Å². The largest absolute Gasteiger partial charge is 0.352 e. The molecule has 1 fully saturated rings. The van der Waals surface area contributed by atoms with Crippen molar-refractivity contribution in [1.29, 1.82) is 0 Å². The lowest BCUT2D eigenvalue weighted by molar-refractivity contribution is -0.127. The Kier molecular flexibility index (Phi) is 7.06. The van der Waals surface area contributed by atoms with E-state index in [4.69, 9.17) is 11.6 Å². The van der Waals surface area contributed by atoms with Crippen molar-refractivity contribution in [2.24, 2.45) is 5.92 Å². The smallest absolute Gasteiger partial charge is 0.241 e. The van der Waals surface area contributed by atoms with Gasteiger partial charge in [-0.2, -0.15) is 0 Å². The van der Waals surface area contributed by atoms with E-state index in [1.807, 2.05) is 37.3 Å². The van der Waals surface area contributed by atoms with E-state index in [2.05, 4.69) is 15.5 Å². The highest BCUT2D eigenvalue weighted by Crippen LogP contribution is 2.20. The van der Waals surface area contributed by atoms with E-state index in [-0.39, 0.29) is 23.8 Å². The van der Waals surface area contributed by atoms with Gasteiger partial charge >= 0.3 is 0 Å². The number of carbonyl (C=O) groups excluding carboxylic acids is 2. The molecule has 2 amide bonds.